The molecule has 2 amide bonds. The second kappa shape index (κ2) is 8.52. The van der Waals surface area contributed by atoms with Gasteiger partial charge in [-0.25, -0.2) is 9.48 Å². The normalized spacial score (nSPS) is 22.6. The molecular weight excluding hydrogens is 358 g/mol. The van der Waals surface area contributed by atoms with Crippen molar-refractivity contribution in [3.63, 3.8) is 0 Å². The molecule has 1 saturated carbocycles. The van der Waals surface area contributed by atoms with Crippen LogP contribution in [0.25, 0.3) is 11.3 Å². The van der Waals surface area contributed by atoms with Gasteiger partial charge in [-0.1, -0.05) is 0 Å². The van der Waals surface area contributed by atoms with E-state index in [-0.39, 0.29) is 23.7 Å². The average molecular weight is 383 g/mol. The Morgan fingerprint density at radius 1 is 1.11 bits per heavy atom. The first-order chi connectivity index (χ1) is 13.7. The van der Waals surface area contributed by atoms with Crippen LogP contribution in [0.3, 0.4) is 0 Å². The summed E-state index contributed by atoms with van der Waals surface area (Å²) in [4.78, 5) is 30.7. The number of pyridine rings is 1. The van der Waals surface area contributed by atoms with Gasteiger partial charge in [-0.3, -0.25) is 9.78 Å². The first kappa shape index (κ1) is 18.6. The third-order valence-electron chi connectivity index (χ3n) is 5.45. The lowest BCUT2D eigenvalue weighted by Crippen LogP contribution is -2.50. The van der Waals surface area contributed by atoms with Crippen molar-refractivity contribution in [3.8, 4) is 11.3 Å². The number of urea groups is 1. The fourth-order valence-electron chi connectivity index (χ4n) is 3.85. The predicted molar refractivity (Wildman–Crippen MR) is 104 cm³/mol. The monoisotopic (exact) mass is 383 g/mol. The smallest absolute Gasteiger partial charge is 0.317 e. The maximum Gasteiger partial charge on any atom is 0.317 e. The van der Waals surface area contributed by atoms with Crippen LogP contribution < -0.4 is 10.9 Å². The van der Waals surface area contributed by atoms with E-state index < -0.39 is 0 Å². The molecule has 3 heterocycles. The molecule has 0 aromatic carbocycles. The Hall–Kier alpha value is -2.74. The lowest BCUT2D eigenvalue weighted by atomic mass is 9.91. The van der Waals surface area contributed by atoms with Gasteiger partial charge >= 0.3 is 6.03 Å². The fraction of sp³-hybridized carbons (Fsp3) is 0.500. The first-order valence-corrected chi connectivity index (χ1v) is 9.84. The van der Waals surface area contributed by atoms with Crippen molar-refractivity contribution < 1.29 is 9.53 Å². The minimum absolute atomic E-state index is 0.0133. The highest BCUT2D eigenvalue weighted by Gasteiger charge is 2.27. The molecular formula is C20H25N5O3. The Bertz CT molecular complexity index is 856. The minimum atomic E-state index is -0.0894. The molecule has 4 rings (SSSR count). The number of nitrogens with one attached hydrogen (secondary N) is 1. The Morgan fingerprint density at radius 3 is 2.61 bits per heavy atom. The molecule has 0 atom stereocenters. The van der Waals surface area contributed by atoms with Gasteiger partial charge in [0.15, 0.2) is 0 Å². The maximum atomic E-state index is 12.4. The summed E-state index contributed by atoms with van der Waals surface area (Å²) < 4.78 is 6.89. The molecule has 28 heavy (non-hydrogen) atoms. The lowest BCUT2D eigenvalue weighted by molar-refractivity contribution is 0.0519. The third kappa shape index (κ3) is 4.22. The van der Waals surface area contributed by atoms with E-state index in [1.165, 1.54) is 0 Å². The molecule has 2 fully saturated rings. The molecule has 2 aromatic rings. The fourth-order valence-corrected chi connectivity index (χ4v) is 3.85. The van der Waals surface area contributed by atoms with Crippen molar-refractivity contribution in [3.05, 3.63) is 47.0 Å². The number of ether oxygens (including phenoxy) is 1. The Kier molecular flexibility index (Phi) is 5.66. The summed E-state index contributed by atoms with van der Waals surface area (Å²) in [5.74, 6) is 0. The number of nitrogens with zero attached hydrogens (tertiary/aromatic N) is 4. The van der Waals surface area contributed by atoms with E-state index in [1.807, 2.05) is 12.1 Å². The number of morpholine rings is 1. The molecule has 2 aliphatic rings. The molecule has 0 unspecified atom stereocenters. The molecule has 0 bridgehead atoms. The highest BCUT2D eigenvalue weighted by Crippen LogP contribution is 2.27. The van der Waals surface area contributed by atoms with Gasteiger partial charge in [0.2, 0.25) is 0 Å². The van der Waals surface area contributed by atoms with E-state index in [4.69, 9.17) is 4.74 Å². The van der Waals surface area contributed by atoms with Crippen LogP contribution in [0.15, 0.2) is 41.5 Å². The number of hydrogen-bond donors (Lipinski definition) is 1. The van der Waals surface area contributed by atoms with Crippen molar-refractivity contribution in [1.29, 1.82) is 0 Å². The molecule has 1 aliphatic heterocycles. The summed E-state index contributed by atoms with van der Waals surface area (Å²) in [6, 6.07) is 7.29. The van der Waals surface area contributed by atoms with Gasteiger partial charge in [-0.05, 0) is 43.9 Å². The standard InChI is InChI=1S/C20H25N5O3/c26-19-8-7-18(15-2-1-9-21-14-15)23-25(19)17-5-3-16(4-6-17)22-20(27)24-10-12-28-13-11-24/h1-2,7-9,14,16-17H,3-6,10-13H2,(H,22,27). The minimum Gasteiger partial charge on any atom is -0.378 e. The predicted octanol–water partition coefficient (Wildman–Crippen LogP) is 1.83. The topological polar surface area (TPSA) is 89.3 Å². The number of carbonyl (C=O) groups is 1. The van der Waals surface area contributed by atoms with E-state index in [9.17, 15) is 9.59 Å². The van der Waals surface area contributed by atoms with Crippen LogP contribution in [-0.4, -0.2) is 58.0 Å². The maximum absolute atomic E-state index is 12.4. The van der Waals surface area contributed by atoms with E-state index >= 15 is 0 Å². The van der Waals surface area contributed by atoms with Crippen LogP contribution in [0, 0.1) is 0 Å². The molecule has 1 N–H and O–H groups in total. The molecule has 0 radical (unpaired) electrons. The molecule has 0 spiro atoms. The van der Waals surface area contributed by atoms with Crippen molar-refractivity contribution >= 4 is 6.03 Å². The Labute approximate surface area is 163 Å². The van der Waals surface area contributed by atoms with Crippen LogP contribution in [0.5, 0.6) is 0 Å². The molecule has 8 nitrogen and oxygen atoms in total. The number of amides is 2. The highest BCUT2D eigenvalue weighted by molar-refractivity contribution is 5.74. The zero-order valence-corrected chi connectivity index (χ0v) is 15.8. The third-order valence-corrected chi connectivity index (χ3v) is 5.45. The van der Waals surface area contributed by atoms with Crippen molar-refractivity contribution in [1.82, 2.24) is 25.0 Å². The van der Waals surface area contributed by atoms with Gasteiger partial charge in [0.25, 0.3) is 5.56 Å². The molecule has 8 heteroatoms. The molecule has 1 aliphatic carbocycles. The van der Waals surface area contributed by atoms with Crippen LogP contribution >= 0.6 is 0 Å². The largest absolute Gasteiger partial charge is 0.378 e. The number of aromatic nitrogens is 3. The second-order valence-corrected chi connectivity index (χ2v) is 7.30. The van der Waals surface area contributed by atoms with E-state index in [0.717, 1.165) is 36.9 Å². The highest BCUT2D eigenvalue weighted by atomic mass is 16.5. The van der Waals surface area contributed by atoms with Crippen LogP contribution in [0.1, 0.15) is 31.7 Å². The van der Waals surface area contributed by atoms with E-state index in [0.29, 0.717) is 26.3 Å². The van der Waals surface area contributed by atoms with E-state index in [2.05, 4.69) is 15.4 Å². The summed E-state index contributed by atoms with van der Waals surface area (Å²) in [6.07, 6.45) is 6.77. The van der Waals surface area contributed by atoms with E-state index in [1.54, 1.807) is 34.1 Å². The Balaban J connectivity index is 1.38. The molecule has 2 aromatic heterocycles. The average Bonchev–Trinajstić information content (AvgIpc) is 2.76. The molecule has 148 valence electrons. The number of rotatable bonds is 3. The summed E-state index contributed by atoms with van der Waals surface area (Å²) in [7, 11) is 0. The summed E-state index contributed by atoms with van der Waals surface area (Å²) in [5.41, 5.74) is 1.55. The van der Waals surface area contributed by atoms with Gasteiger partial charge in [0.05, 0.1) is 24.9 Å². The van der Waals surface area contributed by atoms with Crippen LogP contribution in [0.4, 0.5) is 4.79 Å². The van der Waals surface area contributed by atoms with Gasteiger partial charge in [-0.2, -0.15) is 5.10 Å². The first-order valence-electron chi connectivity index (χ1n) is 9.84. The van der Waals surface area contributed by atoms with Gasteiger partial charge in [-0.15, -0.1) is 0 Å². The summed E-state index contributed by atoms with van der Waals surface area (Å²) >= 11 is 0. The van der Waals surface area contributed by atoms with Gasteiger partial charge < -0.3 is 15.0 Å². The SMILES string of the molecule is O=C(NC1CCC(n2nc(-c3cccnc3)ccc2=O)CC1)N1CCOCC1. The second-order valence-electron chi connectivity index (χ2n) is 7.30. The summed E-state index contributed by atoms with van der Waals surface area (Å²) in [6.45, 7) is 2.48. The zero-order chi connectivity index (χ0) is 19.3. The zero-order valence-electron chi connectivity index (χ0n) is 15.8. The van der Waals surface area contributed by atoms with Crippen LogP contribution in [0.2, 0.25) is 0 Å². The summed E-state index contributed by atoms with van der Waals surface area (Å²) in [5, 5.41) is 7.71. The van der Waals surface area contributed by atoms with Gasteiger partial charge in [0.1, 0.15) is 0 Å². The molecule has 1 saturated heterocycles. The lowest BCUT2D eigenvalue weighted by Gasteiger charge is -2.33. The van der Waals surface area contributed by atoms with Crippen molar-refractivity contribution in [2.45, 2.75) is 37.8 Å². The quantitative estimate of drug-likeness (QED) is 0.873. The van der Waals surface area contributed by atoms with Gasteiger partial charge in [0, 0.05) is 43.2 Å². The van der Waals surface area contributed by atoms with Crippen LogP contribution in [-0.2, 0) is 4.74 Å². The number of carbonyl (C=O) groups excluding carboxylic acids is 1. The van der Waals surface area contributed by atoms with Crippen molar-refractivity contribution in [2.75, 3.05) is 26.3 Å². The Morgan fingerprint density at radius 2 is 1.89 bits per heavy atom. The van der Waals surface area contributed by atoms with Crippen molar-refractivity contribution in [2.24, 2.45) is 0 Å². The number of hydrogen-bond acceptors (Lipinski definition) is 5.